The zero-order chi connectivity index (χ0) is 13.0. The predicted octanol–water partition coefficient (Wildman–Crippen LogP) is 1.53. The minimum atomic E-state index is -0.885. The van der Waals surface area contributed by atoms with E-state index in [1.54, 1.807) is 0 Å². The normalized spacial score (nSPS) is 25.8. The second kappa shape index (κ2) is 6.31. The van der Waals surface area contributed by atoms with Crippen LogP contribution in [0.2, 0.25) is 0 Å². The fraction of sp³-hybridized carbons (Fsp3) is 0.833. The third-order valence-electron chi connectivity index (χ3n) is 3.60. The van der Waals surface area contributed by atoms with E-state index in [4.69, 9.17) is 5.11 Å². The molecule has 2 aliphatic rings. The molecule has 2 heterocycles. The Labute approximate surface area is 111 Å². The van der Waals surface area contributed by atoms with Gasteiger partial charge in [-0.25, -0.2) is 9.59 Å². The third kappa shape index (κ3) is 3.31. The number of carboxylic acids is 1. The van der Waals surface area contributed by atoms with Gasteiger partial charge >= 0.3 is 12.0 Å². The third-order valence-corrected chi connectivity index (χ3v) is 4.65. The van der Waals surface area contributed by atoms with Gasteiger partial charge in [0.15, 0.2) is 0 Å². The molecule has 1 atom stereocenters. The molecule has 2 N–H and O–H groups in total. The fourth-order valence-corrected chi connectivity index (χ4v) is 3.64. The van der Waals surface area contributed by atoms with E-state index in [2.05, 4.69) is 5.32 Å². The molecule has 0 spiro atoms. The number of urea groups is 1. The number of nitrogens with one attached hydrogen (secondary N) is 1. The zero-order valence-corrected chi connectivity index (χ0v) is 11.2. The summed E-state index contributed by atoms with van der Waals surface area (Å²) in [5, 5.41) is 12.1. The summed E-state index contributed by atoms with van der Waals surface area (Å²) < 4.78 is 0. The minimum absolute atomic E-state index is 0.195. The summed E-state index contributed by atoms with van der Waals surface area (Å²) in [4.78, 5) is 24.8. The van der Waals surface area contributed by atoms with E-state index in [9.17, 15) is 9.59 Å². The summed E-state index contributed by atoms with van der Waals surface area (Å²) >= 11 is 1.91. The van der Waals surface area contributed by atoms with Gasteiger partial charge in [0.05, 0.1) is 0 Å². The Balaban J connectivity index is 1.91. The van der Waals surface area contributed by atoms with Crippen molar-refractivity contribution < 1.29 is 14.7 Å². The number of thioether (sulfide) groups is 1. The molecule has 2 amide bonds. The van der Waals surface area contributed by atoms with Crippen LogP contribution >= 0.6 is 11.8 Å². The molecular formula is C12H20N2O3S. The highest BCUT2D eigenvalue weighted by Gasteiger charge is 2.32. The molecule has 0 saturated carbocycles. The molecular weight excluding hydrogens is 252 g/mol. The number of hydrogen-bond donors (Lipinski definition) is 2. The highest BCUT2D eigenvalue weighted by atomic mass is 32.2. The molecule has 0 aromatic rings. The van der Waals surface area contributed by atoms with Crippen molar-refractivity contribution in [3.05, 3.63) is 0 Å². The number of rotatable bonds is 2. The monoisotopic (exact) mass is 272 g/mol. The number of likely N-dealkylation sites (tertiary alicyclic amines) is 1. The largest absolute Gasteiger partial charge is 0.480 e. The molecule has 0 aliphatic carbocycles. The second-order valence-corrected chi connectivity index (χ2v) is 6.10. The van der Waals surface area contributed by atoms with E-state index in [-0.39, 0.29) is 12.1 Å². The number of amides is 2. The van der Waals surface area contributed by atoms with Crippen molar-refractivity contribution in [2.75, 3.05) is 18.1 Å². The van der Waals surface area contributed by atoms with Crippen molar-refractivity contribution >= 4 is 23.8 Å². The van der Waals surface area contributed by atoms with Crippen LogP contribution in [-0.4, -0.2) is 52.1 Å². The van der Waals surface area contributed by atoms with E-state index in [1.165, 1.54) is 4.90 Å². The maximum atomic E-state index is 12.1. The van der Waals surface area contributed by atoms with Gasteiger partial charge in [0.1, 0.15) is 6.04 Å². The lowest BCUT2D eigenvalue weighted by atomic mass is 10.0. The number of nitrogens with zero attached hydrogens (tertiary/aromatic N) is 1. The maximum absolute atomic E-state index is 12.1. The van der Waals surface area contributed by atoms with Crippen LogP contribution in [-0.2, 0) is 4.79 Å². The van der Waals surface area contributed by atoms with Crippen LogP contribution in [0, 0.1) is 0 Å². The van der Waals surface area contributed by atoms with Crippen molar-refractivity contribution in [3.8, 4) is 0 Å². The summed E-state index contributed by atoms with van der Waals surface area (Å²) in [5.74, 6) is 1.27. The molecule has 2 rings (SSSR count). The first kappa shape index (κ1) is 13.5. The average molecular weight is 272 g/mol. The van der Waals surface area contributed by atoms with Crippen molar-refractivity contribution in [2.45, 2.75) is 44.2 Å². The summed E-state index contributed by atoms with van der Waals surface area (Å²) in [6.45, 7) is 0.560. The van der Waals surface area contributed by atoms with Gasteiger partial charge in [-0.2, -0.15) is 11.8 Å². The lowest BCUT2D eigenvalue weighted by Crippen LogP contribution is -2.54. The van der Waals surface area contributed by atoms with Crippen LogP contribution in [0.5, 0.6) is 0 Å². The fourth-order valence-electron chi connectivity index (χ4n) is 2.53. The number of hydrogen-bond acceptors (Lipinski definition) is 3. The van der Waals surface area contributed by atoms with Crippen molar-refractivity contribution in [2.24, 2.45) is 0 Å². The smallest absolute Gasteiger partial charge is 0.326 e. The molecule has 1 unspecified atom stereocenters. The lowest BCUT2D eigenvalue weighted by molar-refractivity contribution is -0.143. The molecule has 0 aromatic heterocycles. The minimum Gasteiger partial charge on any atom is -0.480 e. The molecule has 0 bridgehead atoms. The summed E-state index contributed by atoms with van der Waals surface area (Å²) in [7, 11) is 0. The average Bonchev–Trinajstić information content (AvgIpc) is 2.40. The van der Waals surface area contributed by atoms with Gasteiger partial charge in [-0.05, 0) is 43.6 Å². The van der Waals surface area contributed by atoms with Gasteiger partial charge in [-0.15, -0.1) is 0 Å². The molecule has 5 nitrogen and oxygen atoms in total. The van der Waals surface area contributed by atoms with Crippen LogP contribution in [0.3, 0.4) is 0 Å². The molecule has 0 aromatic carbocycles. The van der Waals surface area contributed by atoms with E-state index < -0.39 is 12.0 Å². The summed E-state index contributed by atoms with van der Waals surface area (Å²) in [5.41, 5.74) is 0. The standard InChI is InChI=1S/C12H20N2O3S/c15-11(16)10-3-1-2-6-14(10)12(17)13-9-4-7-18-8-5-9/h9-10H,1-8H2,(H,13,17)(H,15,16). The van der Waals surface area contributed by atoms with Crippen LogP contribution in [0.4, 0.5) is 4.79 Å². The van der Waals surface area contributed by atoms with Gasteiger partial charge < -0.3 is 15.3 Å². The van der Waals surface area contributed by atoms with Crippen molar-refractivity contribution in [3.63, 3.8) is 0 Å². The highest BCUT2D eigenvalue weighted by molar-refractivity contribution is 7.99. The van der Waals surface area contributed by atoms with Gasteiger partial charge in [-0.3, -0.25) is 0 Å². The van der Waals surface area contributed by atoms with Crippen LogP contribution in [0.1, 0.15) is 32.1 Å². The Bertz CT molecular complexity index is 318. The van der Waals surface area contributed by atoms with Gasteiger partial charge in [0, 0.05) is 12.6 Å². The van der Waals surface area contributed by atoms with Gasteiger partial charge in [0.25, 0.3) is 0 Å². The Kier molecular flexibility index (Phi) is 4.74. The Hall–Kier alpha value is -0.910. The molecule has 102 valence electrons. The van der Waals surface area contributed by atoms with Crippen LogP contribution in [0.15, 0.2) is 0 Å². The van der Waals surface area contributed by atoms with Gasteiger partial charge in [-0.1, -0.05) is 0 Å². The highest BCUT2D eigenvalue weighted by Crippen LogP contribution is 2.20. The first-order valence-electron chi connectivity index (χ1n) is 6.56. The summed E-state index contributed by atoms with van der Waals surface area (Å²) in [6.07, 6.45) is 4.34. The number of carboxylic acid groups (broad SMARTS) is 1. The Morgan fingerprint density at radius 3 is 2.56 bits per heavy atom. The van der Waals surface area contributed by atoms with Gasteiger partial charge in [0.2, 0.25) is 0 Å². The van der Waals surface area contributed by atoms with E-state index in [0.29, 0.717) is 13.0 Å². The number of aliphatic carboxylic acids is 1. The SMILES string of the molecule is O=C(O)C1CCCCN1C(=O)NC1CCSCC1. The number of carbonyl (C=O) groups is 2. The Morgan fingerprint density at radius 1 is 1.17 bits per heavy atom. The predicted molar refractivity (Wildman–Crippen MR) is 70.9 cm³/mol. The first-order chi connectivity index (χ1) is 8.68. The van der Waals surface area contributed by atoms with E-state index in [1.807, 2.05) is 11.8 Å². The Morgan fingerprint density at radius 2 is 1.89 bits per heavy atom. The van der Waals surface area contributed by atoms with Crippen molar-refractivity contribution in [1.29, 1.82) is 0 Å². The lowest BCUT2D eigenvalue weighted by Gasteiger charge is -2.34. The maximum Gasteiger partial charge on any atom is 0.326 e. The topological polar surface area (TPSA) is 69.6 Å². The molecule has 2 aliphatic heterocycles. The quantitative estimate of drug-likeness (QED) is 0.800. The second-order valence-electron chi connectivity index (χ2n) is 4.88. The number of piperidine rings is 1. The van der Waals surface area contributed by atoms with Crippen LogP contribution < -0.4 is 5.32 Å². The summed E-state index contributed by atoms with van der Waals surface area (Å²) in [6, 6.07) is -0.620. The molecule has 6 heteroatoms. The van der Waals surface area contributed by atoms with E-state index >= 15 is 0 Å². The molecule has 2 saturated heterocycles. The number of carbonyl (C=O) groups excluding carboxylic acids is 1. The van der Waals surface area contributed by atoms with Crippen molar-refractivity contribution in [1.82, 2.24) is 10.2 Å². The molecule has 18 heavy (non-hydrogen) atoms. The van der Waals surface area contributed by atoms with Crippen LogP contribution in [0.25, 0.3) is 0 Å². The molecule has 0 radical (unpaired) electrons. The zero-order valence-electron chi connectivity index (χ0n) is 10.4. The van der Waals surface area contributed by atoms with E-state index in [0.717, 1.165) is 37.2 Å². The molecule has 2 fully saturated rings. The first-order valence-corrected chi connectivity index (χ1v) is 7.71.